The number of nitrogens with one attached hydrogen (secondary N) is 1. The van der Waals surface area contributed by atoms with E-state index < -0.39 is 17.9 Å². The first kappa shape index (κ1) is 19.5. The van der Waals surface area contributed by atoms with Crippen LogP contribution >= 0.6 is 0 Å². The molecule has 0 spiro atoms. The van der Waals surface area contributed by atoms with Gasteiger partial charge in [-0.2, -0.15) is 0 Å². The van der Waals surface area contributed by atoms with Gasteiger partial charge in [0.05, 0.1) is 11.1 Å². The second-order valence-corrected chi connectivity index (χ2v) is 7.93. The second kappa shape index (κ2) is 7.80. The molecule has 3 aromatic rings. The number of carbonyl (C=O) groups is 2. The summed E-state index contributed by atoms with van der Waals surface area (Å²) in [6, 6.07) is 16.0. The molecule has 0 radical (unpaired) electrons. The molecule has 3 rings (SSSR count). The largest absolute Gasteiger partial charge is 0.480 e. The van der Waals surface area contributed by atoms with Crippen LogP contribution in [-0.4, -0.2) is 28.0 Å². The SMILES string of the molecule is CC(C)(C)c1ccc(C[C@H](NC(=O)c2cnc3ccccc3c2)C(=O)O)cc1. The molecule has 0 aliphatic carbocycles. The number of pyridine rings is 1. The Kier molecular flexibility index (Phi) is 5.45. The zero-order valence-electron chi connectivity index (χ0n) is 16.3. The first-order chi connectivity index (χ1) is 13.2. The van der Waals surface area contributed by atoms with Gasteiger partial charge in [-0.25, -0.2) is 4.79 Å². The predicted molar refractivity (Wildman–Crippen MR) is 109 cm³/mol. The van der Waals surface area contributed by atoms with Crippen molar-refractivity contribution in [3.63, 3.8) is 0 Å². The monoisotopic (exact) mass is 376 g/mol. The number of benzene rings is 2. The topological polar surface area (TPSA) is 79.3 Å². The average molecular weight is 376 g/mol. The number of carbonyl (C=O) groups excluding carboxylic acids is 1. The molecule has 5 heteroatoms. The zero-order valence-corrected chi connectivity index (χ0v) is 16.3. The standard InChI is InChI=1S/C23H24N2O3/c1-23(2,3)18-10-8-15(9-11-18)12-20(22(27)28)25-21(26)17-13-16-6-4-5-7-19(16)24-14-17/h4-11,13-14,20H,12H2,1-3H3,(H,25,26)(H,27,28)/t20-/m0/s1. The Labute approximate surface area is 164 Å². The molecule has 0 unspecified atom stereocenters. The number of hydrogen-bond acceptors (Lipinski definition) is 3. The highest BCUT2D eigenvalue weighted by Gasteiger charge is 2.22. The van der Waals surface area contributed by atoms with Crippen molar-refractivity contribution >= 4 is 22.8 Å². The van der Waals surface area contributed by atoms with Crippen LogP contribution in [0.3, 0.4) is 0 Å². The van der Waals surface area contributed by atoms with E-state index in [1.807, 2.05) is 48.5 Å². The molecule has 1 amide bonds. The maximum Gasteiger partial charge on any atom is 0.326 e. The van der Waals surface area contributed by atoms with Crippen molar-refractivity contribution < 1.29 is 14.7 Å². The minimum Gasteiger partial charge on any atom is -0.480 e. The summed E-state index contributed by atoms with van der Waals surface area (Å²) in [5.74, 6) is -1.51. The number of carboxylic acid groups (broad SMARTS) is 1. The molecule has 2 aromatic carbocycles. The molecule has 0 bridgehead atoms. The molecular formula is C23H24N2O3. The number of para-hydroxylation sites is 1. The fourth-order valence-electron chi connectivity index (χ4n) is 3.01. The van der Waals surface area contributed by atoms with Crippen molar-refractivity contribution in [3.8, 4) is 0 Å². The number of rotatable bonds is 5. The van der Waals surface area contributed by atoms with Gasteiger partial charge in [0.1, 0.15) is 6.04 Å². The van der Waals surface area contributed by atoms with E-state index in [1.54, 1.807) is 6.07 Å². The van der Waals surface area contributed by atoms with Crippen molar-refractivity contribution in [2.24, 2.45) is 0 Å². The molecule has 28 heavy (non-hydrogen) atoms. The van der Waals surface area contributed by atoms with Gasteiger partial charge in [-0.3, -0.25) is 9.78 Å². The summed E-state index contributed by atoms with van der Waals surface area (Å²) in [7, 11) is 0. The lowest BCUT2D eigenvalue weighted by Gasteiger charge is -2.20. The molecule has 0 saturated heterocycles. The number of aliphatic carboxylic acids is 1. The van der Waals surface area contributed by atoms with Crippen LogP contribution in [0.25, 0.3) is 10.9 Å². The van der Waals surface area contributed by atoms with Gasteiger partial charge in [-0.1, -0.05) is 63.2 Å². The number of amides is 1. The first-order valence-corrected chi connectivity index (χ1v) is 9.22. The highest BCUT2D eigenvalue weighted by atomic mass is 16.4. The number of aromatic nitrogens is 1. The Hall–Kier alpha value is -3.21. The summed E-state index contributed by atoms with van der Waals surface area (Å²) in [5.41, 5.74) is 3.19. The Bertz CT molecular complexity index is 1000. The molecule has 0 aliphatic heterocycles. The van der Waals surface area contributed by atoms with Crippen LogP contribution in [0.4, 0.5) is 0 Å². The molecule has 0 saturated carbocycles. The van der Waals surface area contributed by atoms with Gasteiger partial charge in [0, 0.05) is 18.0 Å². The van der Waals surface area contributed by atoms with E-state index in [4.69, 9.17) is 0 Å². The minimum absolute atomic E-state index is 0.0298. The van der Waals surface area contributed by atoms with Crippen LogP contribution in [-0.2, 0) is 16.6 Å². The minimum atomic E-state index is -1.07. The number of nitrogens with zero attached hydrogens (tertiary/aromatic N) is 1. The summed E-state index contributed by atoms with van der Waals surface area (Å²) in [6.07, 6.45) is 1.68. The van der Waals surface area contributed by atoms with Crippen LogP contribution in [0.2, 0.25) is 0 Å². The Morgan fingerprint density at radius 2 is 1.75 bits per heavy atom. The molecule has 1 aromatic heterocycles. The third-order valence-corrected chi connectivity index (χ3v) is 4.72. The lowest BCUT2D eigenvalue weighted by atomic mass is 9.86. The third kappa shape index (κ3) is 4.55. The third-order valence-electron chi connectivity index (χ3n) is 4.72. The highest BCUT2D eigenvalue weighted by molar-refractivity contribution is 5.99. The fourth-order valence-corrected chi connectivity index (χ4v) is 3.01. The van der Waals surface area contributed by atoms with Crippen molar-refractivity contribution in [2.45, 2.75) is 38.6 Å². The molecule has 1 atom stereocenters. The van der Waals surface area contributed by atoms with Crippen molar-refractivity contribution in [2.75, 3.05) is 0 Å². The molecule has 144 valence electrons. The summed E-state index contributed by atoms with van der Waals surface area (Å²) in [5, 5.41) is 13.0. The van der Waals surface area contributed by atoms with E-state index in [-0.39, 0.29) is 11.8 Å². The fraction of sp³-hybridized carbons (Fsp3) is 0.261. The Morgan fingerprint density at radius 1 is 1.07 bits per heavy atom. The van der Waals surface area contributed by atoms with Crippen molar-refractivity contribution in [3.05, 3.63) is 77.5 Å². The van der Waals surface area contributed by atoms with Crippen LogP contribution in [0.5, 0.6) is 0 Å². The summed E-state index contributed by atoms with van der Waals surface area (Å²) in [4.78, 5) is 28.5. The van der Waals surface area contributed by atoms with Gasteiger partial charge in [-0.15, -0.1) is 0 Å². The summed E-state index contributed by atoms with van der Waals surface area (Å²) in [6.45, 7) is 6.37. The summed E-state index contributed by atoms with van der Waals surface area (Å²) >= 11 is 0. The quantitative estimate of drug-likeness (QED) is 0.706. The number of carboxylic acids is 1. The van der Waals surface area contributed by atoms with E-state index >= 15 is 0 Å². The van der Waals surface area contributed by atoms with E-state index in [9.17, 15) is 14.7 Å². The highest BCUT2D eigenvalue weighted by Crippen LogP contribution is 2.22. The molecule has 5 nitrogen and oxygen atoms in total. The van der Waals surface area contributed by atoms with E-state index in [0.29, 0.717) is 5.56 Å². The Morgan fingerprint density at radius 3 is 2.39 bits per heavy atom. The van der Waals surface area contributed by atoms with Gasteiger partial charge in [0.2, 0.25) is 0 Å². The van der Waals surface area contributed by atoms with Crippen LogP contribution in [0.15, 0.2) is 60.8 Å². The van der Waals surface area contributed by atoms with Gasteiger partial charge in [-0.05, 0) is 28.7 Å². The van der Waals surface area contributed by atoms with E-state index in [0.717, 1.165) is 16.5 Å². The lowest BCUT2D eigenvalue weighted by molar-refractivity contribution is -0.139. The van der Waals surface area contributed by atoms with Gasteiger partial charge >= 0.3 is 5.97 Å². The molecule has 0 aliphatic rings. The van der Waals surface area contributed by atoms with Crippen molar-refractivity contribution in [1.29, 1.82) is 0 Å². The van der Waals surface area contributed by atoms with Crippen LogP contribution in [0.1, 0.15) is 42.3 Å². The van der Waals surface area contributed by atoms with E-state index in [2.05, 4.69) is 31.1 Å². The molecular weight excluding hydrogens is 352 g/mol. The normalized spacial score (nSPS) is 12.5. The van der Waals surface area contributed by atoms with Gasteiger partial charge < -0.3 is 10.4 Å². The van der Waals surface area contributed by atoms with Crippen LogP contribution < -0.4 is 5.32 Å². The molecule has 2 N–H and O–H groups in total. The second-order valence-electron chi connectivity index (χ2n) is 7.93. The smallest absolute Gasteiger partial charge is 0.326 e. The lowest BCUT2D eigenvalue weighted by Crippen LogP contribution is -2.42. The molecule has 0 fully saturated rings. The maximum atomic E-state index is 12.6. The van der Waals surface area contributed by atoms with Crippen LogP contribution in [0, 0.1) is 0 Å². The van der Waals surface area contributed by atoms with Gasteiger partial charge in [0.25, 0.3) is 5.91 Å². The Balaban J connectivity index is 1.75. The van der Waals surface area contributed by atoms with Crippen molar-refractivity contribution in [1.82, 2.24) is 10.3 Å². The number of fused-ring (bicyclic) bond motifs is 1. The molecule has 1 heterocycles. The average Bonchev–Trinajstić information content (AvgIpc) is 2.66. The first-order valence-electron chi connectivity index (χ1n) is 9.22. The summed E-state index contributed by atoms with van der Waals surface area (Å²) < 4.78 is 0. The zero-order chi connectivity index (χ0) is 20.3. The van der Waals surface area contributed by atoms with E-state index in [1.165, 1.54) is 11.8 Å². The van der Waals surface area contributed by atoms with Gasteiger partial charge in [0.15, 0.2) is 0 Å². The predicted octanol–water partition coefficient (Wildman–Crippen LogP) is 3.96. The number of hydrogen-bond donors (Lipinski definition) is 2. The maximum absolute atomic E-state index is 12.6.